The number of nitrogens with zero attached hydrogens (tertiary/aromatic N) is 3. The molecule has 0 aliphatic carbocycles. The lowest BCUT2D eigenvalue weighted by Crippen LogP contribution is -2.18. The third kappa shape index (κ3) is 3.06. The Labute approximate surface area is 109 Å². The summed E-state index contributed by atoms with van der Waals surface area (Å²) in [7, 11) is 1.62. The predicted octanol–water partition coefficient (Wildman–Crippen LogP) is 0.708. The summed E-state index contributed by atoms with van der Waals surface area (Å²) in [5.74, 6) is 0.377. The summed E-state index contributed by atoms with van der Waals surface area (Å²) in [4.78, 5) is 27.2. The molecule has 7 heteroatoms. The molecule has 1 amide bonds. The molecule has 0 radical (unpaired) electrons. The van der Waals surface area contributed by atoms with Crippen LogP contribution in [0.4, 0.5) is 5.69 Å². The molecule has 0 fully saturated rings. The quantitative estimate of drug-likeness (QED) is 0.847. The van der Waals surface area contributed by atoms with Gasteiger partial charge in [0.05, 0.1) is 5.69 Å². The molecule has 2 N–H and O–H groups in total. The van der Waals surface area contributed by atoms with Crippen LogP contribution in [-0.2, 0) is 13.5 Å². The fourth-order valence-corrected chi connectivity index (χ4v) is 1.60. The fraction of sp³-hybridized carbons (Fsp3) is 0.333. The number of aromatic nitrogens is 4. The lowest BCUT2D eigenvalue weighted by molar-refractivity contribution is 0.101. The minimum atomic E-state index is -0.405. The van der Waals surface area contributed by atoms with Crippen LogP contribution >= 0.6 is 0 Å². The molecule has 0 aliphatic rings. The van der Waals surface area contributed by atoms with Gasteiger partial charge < -0.3 is 9.88 Å². The van der Waals surface area contributed by atoms with Crippen molar-refractivity contribution in [2.45, 2.75) is 19.8 Å². The van der Waals surface area contributed by atoms with Crippen LogP contribution in [0.2, 0.25) is 0 Å². The monoisotopic (exact) mass is 261 g/mol. The number of carbonyl (C=O) groups excluding carboxylic acids is 1. The summed E-state index contributed by atoms with van der Waals surface area (Å²) >= 11 is 0. The molecule has 7 nitrogen and oxygen atoms in total. The van der Waals surface area contributed by atoms with E-state index < -0.39 is 5.91 Å². The fourth-order valence-electron chi connectivity index (χ4n) is 1.60. The highest BCUT2D eigenvalue weighted by Gasteiger charge is 2.12. The van der Waals surface area contributed by atoms with Crippen molar-refractivity contribution in [2.75, 3.05) is 5.32 Å². The van der Waals surface area contributed by atoms with Gasteiger partial charge in [0.25, 0.3) is 5.91 Å². The zero-order valence-corrected chi connectivity index (χ0v) is 10.8. The van der Waals surface area contributed by atoms with Crippen molar-refractivity contribution in [1.82, 2.24) is 19.7 Å². The summed E-state index contributed by atoms with van der Waals surface area (Å²) in [6, 6.07) is 2.93. The van der Waals surface area contributed by atoms with Crippen molar-refractivity contribution in [3.05, 3.63) is 40.3 Å². The Morgan fingerprint density at radius 3 is 2.95 bits per heavy atom. The first-order valence-corrected chi connectivity index (χ1v) is 5.99. The number of rotatable bonds is 4. The Balaban J connectivity index is 2.11. The number of carbonyl (C=O) groups is 1. The maximum Gasteiger partial charge on any atom is 0.295 e. The minimum Gasteiger partial charge on any atom is -0.318 e. The first kappa shape index (κ1) is 13.0. The number of aromatic amines is 1. The van der Waals surface area contributed by atoms with Crippen LogP contribution in [-0.4, -0.2) is 25.7 Å². The topological polar surface area (TPSA) is 92.7 Å². The van der Waals surface area contributed by atoms with E-state index in [0.29, 0.717) is 11.5 Å². The van der Waals surface area contributed by atoms with E-state index in [1.807, 2.05) is 6.92 Å². The van der Waals surface area contributed by atoms with Crippen molar-refractivity contribution in [3.8, 4) is 0 Å². The predicted molar refractivity (Wildman–Crippen MR) is 70.0 cm³/mol. The highest BCUT2D eigenvalue weighted by molar-refractivity contribution is 6.01. The molecule has 0 bridgehead atoms. The molecule has 0 spiro atoms. The Hall–Kier alpha value is -2.44. The average Bonchev–Trinajstić information content (AvgIpc) is 2.83. The van der Waals surface area contributed by atoms with Crippen LogP contribution in [0.15, 0.2) is 23.1 Å². The van der Waals surface area contributed by atoms with Crippen molar-refractivity contribution in [1.29, 1.82) is 0 Å². The zero-order chi connectivity index (χ0) is 13.8. The van der Waals surface area contributed by atoms with E-state index >= 15 is 0 Å². The standard InChI is InChI=1S/C12H15N5O2/c1-3-4-9-14-11(16-15-9)12(19)13-8-5-6-10(18)17(2)7-8/h5-7H,3-4H2,1-2H3,(H,13,19)(H,14,15,16). The van der Waals surface area contributed by atoms with Crippen LogP contribution in [0.25, 0.3) is 0 Å². The van der Waals surface area contributed by atoms with Gasteiger partial charge in [-0.3, -0.25) is 14.7 Å². The van der Waals surface area contributed by atoms with Gasteiger partial charge in [0, 0.05) is 25.7 Å². The molecule has 0 atom stereocenters. The molecule has 0 saturated heterocycles. The molecule has 0 unspecified atom stereocenters. The third-order valence-corrected chi connectivity index (χ3v) is 2.57. The van der Waals surface area contributed by atoms with E-state index in [-0.39, 0.29) is 11.4 Å². The second-order valence-electron chi connectivity index (χ2n) is 4.18. The van der Waals surface area contributed by atoms with E-state index in [4.69, 9.17) is 0 Å². The Morgan fingerprint density at radius 2 is 2.26 bits per heavy atom. The van der Waals surface area contributed by atoms with Crippen molar-refractivity contribution >= 4 is 11.6 Å². The molecule has 0 aromatic carbocycles. The second-order valence-corrected chi connectivity index (χ2v) is 4.18. The van der Waals surface area contributed by atoms with E-state index in [2.05, 4.69) is 20.5 Å². The maximum absolute atomic E-state index is 11.9. The molecule has 100 valence electrons. The lowest BCUT2D eigenvalue weighted by Gasteiger charge is -2.03. The number of hydrogen-bond acceptors (Lipinski definition) is 4. The molecule has 2 rings (SSSR count). The Morgan fingerprint density at radius 1 is 1.47 bits per heavy atom. The smallest absolute Gasteiger partial charge is 0.295 e. The Kier molecular flexibility index (Phi) is 3.74. The molecule has 2 aromatic heterocycles. The first-order valence-electron chi connectivity index (χ1n) is 5.99. The van der Waals surface area contributed by atoms with Gasteiger partial charge in [-0.25, -0.2) is 4.98 Å². The zero-order valence-electron chi connectivity index (χ0n) is 10.8. The van der Waals surface area contributed by atoms with Crippen LogP contribution in [0, 0.1) is 0 Å². The summed E-state index contributed by atoms with van der Waals surface area (Å²) in [6.45, 7) is 2.02. The summed E-state index contributed by atoms with van der Waals surface area (Å²) in [5, 5.41) is 9.21. The number of H-pyrrole nitrogens is 1. The number of amides is 1. The maximum atomic E-state index is 11.9. The SMILES string of the molecule is CCCc1nc(C(=O)Nc2ccc(=O)n(C)c2)n[nH]1. The van der Waals surface area contributed by atoms with Crippen LogP contribution in [0.3, 0.4) is 0 Å². The molecule has 2 heterocycles. The van der Waals surface area contributed by atoms with Gasteiger partial charge in [0.1, 0.15) is 5.82 Å². The van der Waals surface area contributed by atoms with E-state index in [0.717, 1.165) is 12.8 Å². The largest absolute Gasteiger partial charge is 0.318 e. The molecular formula is C12H15N5O2. The number of anilines is 1. The van der Waals surface area contributed by atoms with Crippen molar-refractivity contribution in [3.63, 3.8) is 0 Å². The van der Waals surface area contributed by atoms with E-state index in [1.54, 1.807) is 19.3 Å². The number of nitrogens with one attached hydrogen (secondary N) is 2. The van der Waals surface area contributed by atoms with Gasteiger partial charge in [-0.1, -0.05) is 6.92 Å². The van der Waals surface area contributed by atoms with Gasteiger partial charge in [0.2, 0.25) is 11.4 Å². The average molecular weight is 261 g/mol. The second kappa shape index (κ2) is 5.47. The normalized spacial score (nSPS) is 10.4. The first-order chi connectivity index (χ1) is 9.10. The molecule has 19 heavy (non-hydrogen) atoms. The van der Waals surface area contributed by atoms with Gasteiger partial charge >= 0.3 is 0 Å². The van der Waals surface area contributed by atoms with Crippen LogP contribution in [0.1, 0.15) is 29.8 Å². The summed E-state index contributed by atoms with van der Waals surface area (Å²) in [6.07, 6.45) is 3.22. The highest BCUT2D eigenvalue weighted by atomic mass is 16.2. The van der Waals surface area contributed by atoms with Gasteiger partial charge in [-0.05, 0) is 12.5 Å². The third-order valence-electron chi connectivity index (χ3n) is 2.57. The van der Waals surface area contributed by atoms with Crippen molar-refractivity contribution in [2.24, 2.45) is 7.05 Å². The lowest BCUT2D eigenvalue weighted by atomic mass is 10.3. The van der Waals surface area contributed by atoms with E-state index in [1.165, 1.54) is 10.6 Å². The Bertz CT molecular complexity index is 644. The van der Waals surface area contributed by atoms with Crippen LogP contribution in [0.5, 0.6) is 0 Å². The number of aryl methyl sites for hydroxylation is 2. The molecule has 2 aromatic rings. The summed E-state index contributed by atoms with van der Waals surface area (Å²) < 4.78 is 1.39. The number of hydrogen-bond donors (Lipinski definition) is 2. The van der Waals surface area contributed by atoms with Gasteiger partial charge in [-0.15, -0.1) is 5.10 Å². The minimum absolute atomic E-state index is 0.0947. The molecule has 0 aliphatic heterocycles. The van der Waals surface area contributed by atoms with Crippen LogP contribution < -0.4 is 10.9 Å². The van der Waals surface area contributed by atoms with E-state index in [9.17, 15) is 9.59 Å². The molecule has 0 saturated carbocycles. The van der Waals surface area contributed by atoms with Gasteiger partial charge in [-0.2, -0.15) is 0 Å². The summed E-state index contributed by atoms with van der Waals surface area (Å²) in [5.41, 5.74) is 0.384. The highest BCUT2D eigenvalue weighted by Crippen LogP contribution is 2.05. The van der Waals surface area contributed by atoms with Gasteiger partial charge in [0.15, 0.2) is 0 Å². The van der Waals surface area contributed by atoms with Crippen molar-refractivity contribution < 1.29 is 4.79 Å². The number of pyridine rings is 1. The molecular weight excluding hydrogens is 246 g/mol.